The molecular weight excluding hydrogens is 506 g/mol. The minimum atomic E-state index is -0.277. The summed E-state index contributed by atoms with van der Waals surface area (Å²) in [4.78, 5) is 37.0. The molecule has 0 aliphatic carbocycles. The van der Waals surface area contributed by atoms with Crippen LogP contribution < -0.4 is 15.6 Å². The van der Waals surface area contributed by atoms with Crippen molar-refractivity contribution in [3.63, 3.8) is 0 Å². The van der Waals surface area contributed by atoms with Gasteiger partial charge >= 0.3 is 0 Å². The molecular formula is C31H29N5O4. The number of carbonyl (C=O) groups is 1. The molecule has 1 N–H and O–H groups in total. The minimum absolute atomic E-state index is 0.0384. The molecule has 40 heavy (non-hydrogen) atoms. The van der Waals surface area contributed by atoms with Gasteiger partial charge in [0.2, 0.25) is 5.89 Å². The summed E-state index contributed by atoms with van der Waals surface area (Å²) in [5, 5.41) is 3.13. The maximum absolute atomic E-state index is 13.0. The standard InChI is InChI=1S/C31H29N5O4/c1-35-19-26(24-7-6-8-25-27(24)40-29(34-25)20-11-15-23(39-2)16-12-20)33-28(31(35)38)32-22-13-9-21(10-14-22)30(37)36-17-4-3-5-18-36/h6-16,19H,3-5,17-18H2,1-2H3,(H,32,33). The molecule has 1 aliphatic rings. The SMILES string of the molecule is COc1ccc(-c2nc3cccc(-c4cn(C)c(=O)c(Nc5ccc(C(=O)N6CCCCC6)cc5)n4)c3o2)cc1. The van der Waals surface area contributed by atoms with Crippen LogP contribution in [0, 0.1) is 0 Å². The van der Waals surface area contributed by atoms with Crippen molar-refractivity contribution in [3.05, 3.63) is 88.8 Å². The molecule has 0 bridgehead atoms. The number of oxazole rings is 1. The molecule has 1 saturated heterocycles. The number of para-hydroxylation sites is 1. The first-order chi connectivity index (χ1) is 19.5. The van der Waals surface area contributed by atoms with Crippen LogP contribution in [-0.2, 0) is 7.05 Å². The molecule has 0 spiro atoms. The fraction of sp³-hybridized carbons (Fsp3) is 0.226. The number of ether oxygens (including phenoxy) is 1. The molecule has 0 saturated carbocycles. The molecule has 0 radical (unpaired) electrons. The van der Waals surface area contributed by atoms with E-state index in [1.807, 2.05) is 47.4 Å². The molecule has 9 nitrogen and oxygen atoms in total. The predicted octanol–water partition coefficient (Wildman–Crippen LogP) is 5.63. The van der Waals surface area contributed by atoms with Crippen LogP contribution in [0.5, 0.6) is 5.75 Å². The van der Waals surface area contributed by atoms with Gasteiger partial charge in [-0.05, 0) is 79.9 Å². The fourth-order valence-corrected chi connectivity index (χ4v) is 4.94. The summed E-state index contributed by atoms with van der Waals surface area (Å²) in [6, 6.07) is 20.3. The molecule has 0 unspecified atom stereocenters. The second kappa shape index (κ2) is 10.7. The summed E-state index contributed by atoms with van der Waals surface area (Å²) in [6.07, 6.45) is 4.93. The number of nitrogens with zero attached hydrogens (tertiary/aromatic N) is 4. The van der Waals surface area contributed by atoms with E-state index < -0.39 is 0 Å². The number of fused-ring (bicyclic) bond motifs is 1. The Morgan fingerprint density at radius 1 is 0.950 bits per heavy atom. The van der Waals surface area contributed by atoms with Gasteiger partial charge in [0.1, 0.15) is 11.3 Å². The topological polar surface area (TPSA) is 102 Å². The second-order valence-electron chi connectivity index (χ2n) is 9.85. The lowest BCUT2D eigenvalue weighted by atomic mass is 10.1. The van der Waals surface area contributed by atoms with E-state index in [1.54, 1.807) is 44.6 Å². The Bertz CT molecular complexity index is 1730. The van der Waals surface area contributed by atoms with Gasteiger partial charge in [-0.2, -0.15) is 0 Å². The second-order valence-corrected chi connectivity index (χ2v) is 9.85. The zero-order valence-corrected chi connectivity index (χ0v) is 22.4. The van der Waals surface area contributed by atoms with Gasteiger partial charge in [0.15, 0.2) is 11.4 Å². The Labute approximate surface area is 231 Å². The highest BCUT2D eigenvalue weighted by molar-refractivity contribution is 5.94. The van der Waals surface area contributed by atoms with E-state index in [1.165, 1.54) is 11.0 Å². The summed E-state index contributed by atoms with van der Waals surface area (Å²) >= 11 is 0. The number of amides is 1. The van der Waals surface area contributed by atoms with Crippen LogP contribution in [0.25, 0.3) is 33.8 Å². The lowest BCUT2D eigenvalue weighted by molar-refractivity contribution is 0.0724. The molecule has 1 fully saturated rings. The number of anilines is 2. The molecule has 1 aliphatic heterocycles. The van der Waals surface area contributed by atoms with Crippen molar-refractivity contribution in [3.8, 4) is 28.5 Å². The van der Waals surface area contributed by atoms with Gasteiger partial charge in [0.05, 0.1) is 12.8 Å². The number of benzene rings is 3. The molecule has 2 aromatic heterocycles. The van der Waals surface area contributed by atoms with Gasteiger partial charge in [-0.1, -0.05) is 6.07 Å². The number of aromatic nitrogens is 3. The largest absolute Gasteiger partial charge is 0.497 e. The zero-order chi connectivity index (χ0) is 27.6. The smallest absolute Gasteiger partial charge is 0.293 e. The highest BCUT2D eigenvalue weighted by Crippen LogP contribution is 2.32. The Kier molecular flexibility index (Phi) is 6.77. The molecule has 1 amide bonds. The lowest BCUT2D eigenvalue weighted by Gasteiger charge is -2.26. The number of hydrogen-bond donors (Lipinski definition) is 1. The van der Waals surface area contributed by atoms with Crippen molar-refractivity contribution in [2.45, 2.75) is 19.3 Å². The van der Waals surface area contributed by atoms with Crippen molar-refractivity contribution in [1.82, 2.24) is 19.4 Å². The first kappa shape index (κ1) is 25.4. The first-order valence-corrected chi connectivity index (χ1v) is 13.3. The van der Waals surface area contributed by atoms with Crippen molar-refractivity contribution >= 4 is 28.5 Å². The van der Waals surface area contributed by atoms with E-state index in [-0.39, 0.29) is 17.3 Å². The molecule has 3 heterocycles. The van der Waals surface area contributed by atoms with Gasteiger partial charge in [0.25, 0.3) is 11.5 Å². The van der Waals surface area contributed by atoms with Crippen LogP contribution in [0.15, 0.2) is 82.1 Å². The van der Waals surface area contributed by atoms with Crippen molar-refractivity contribution in [2.24, 2.45) is 7.05 Å². The van der Waals surface area contributed by atoms with Crippen LogP contribution in [0.2, 0.25) is 0 Å². The number of likely N-dealkylation sites (tertiary alicyclic amines) is 1. The monoisotopic (exact) mass is 535 g/mol. The summed E-state index contributed by atoms with van der Waals surface area (Å²) in [6.45, 7) is 1.59. The summed E-state index contributed by atoms with van der Waals surface area (Å²) in [5.74, 6) is 1.43. The van der Waals surface area contributed by atoms with Gasteiger partial charge in [-0.25, -0.2) is 9.97 Å². The molecule has 0 atom stereocenters. The minimum Gasteiger partial charge on any atom is -0.497 e. The Balaban J connectivity index is 1.29. The predicted molar refractivity (Wildman–Crippen MR) is 154 cm³/mol. The highest BCUT2D eigenvalue weighted by Gasteiger charge is 2.19. The Morgan fingerprint density at radius 3 is 2.42 bits per heavy atom. The number of carbonyl (C=O) groups excluding carboxylic acids is 1. The van der Waals surface area contributed by atoms with E-state index in [2.05, 4.69) is 15.3 Å². The van der Waals surface area contributed by atoms with Crippen molar-refractivity contribution < 1.29 is 13.9 Å². The summed E-state index contributed by atoms with van der Waals surface area (Å²) in [7, 11) is 3.30. The van der Waals surface area contributed by atoms with Gasteiger partial charge in [0, 0.05) is 48.7 Å². The van der Waals surface area contributed by atoms with E-state index in [9.17, 15) is 9.59 Å². The normalized spacial score (nSPS) is 13.4. The third kappa shape index (κ3) is 4.93. The number of hydrogen-bond acceptors (Lipinski definition) is 7. The van der Waals surface area contributed by atoms with E-state index in [0.29, 0.717) is 39.5 Å². The van der Waals surface area contributed by atoms with Gasteiger partial charge < -0.3 is 23.9 Å². The summed E-state index contributed by atoms with van der Waals surface area (Å²) in [5.41, 5.74) is 4.37. The van der Waals surface area contributed by atoms with Gasteiger partial charge in [-0.3, -0.25) is 9.59 Å². The number of methoxy groups -OCH3 is 1. The zero-order valence-electron chi connectivity index (χ0n) is 22.4. The fourth-order valence-electron chi connectivity index (χ4n) is 4.94. The molecule has 6 rings (SSSR count). The van der Waals surface area contributed by atoms with E-state index >= 15 is 0 Å². The lowest BCUT2D eigenvalue weighted by Crippen LogP contribution is -2.35. The van der Waals surface area contributed by atoms with Crippen LogP contribution >= 0.6 is 0 Å². The first-order valence-electron chi connectivity index (χ1n) is 13.3. The summed E-state index contributed by atoms with van der Waals surface area (Å²) < 4.78 is 12.9. The number of piperidine rings is 1. The van der Waals surface area contributed by atoms with Gasteiger partial charge in [-0.15, -0.1) is 0 Å². The third-order valence-electron chi connectivity index (χ3n) is 7.14. The van der Waals surface area contributed by atoms with Crippen LogP contribution in [0.1, 0.15) is 29.6 Å². The maximum Gasteiger partial charge on any atom is 0.293 e. The molecule has 5 aromatic rings. The highest BCUT2D eigenvalue weighted by atomic mass is 16.5. The van der Waals surface area contributed by atoms with Crippen LogP contribution in [0.4, 0.5) is 11.5 Å². The van der Waals surface area contributed by atoms with Crippen LogP contribution in [-0.4, -0.2) is 45.5 Å². The average Bonchev–Trinajstić information content (AvgIpc) is 3.44. The maximum atomic E-state index is 13.0. The van der Waals surface area contributed by atoms with E-state index in [0.717, 1.165) is 37.2 Å². The van der Waals surface area contributed by atoms with E-state index in [4.69, 9.17) is 9.15 Å². The Hall–Kier alpha value is -4.92. The molecule has 202 valence electrons. The number of rotatable bonds is 6. The molecule has 3 aromatic carbocycles. The van der Waals surface area contributed by atoms with Crippen molar-refractivity contribution in [1.29, 1.82) is 0 Å². The Morgan fingerprint density at radius 2 is 1.70 bits per heavy atom. The number of aryl methyl sites for hydroxylation is 1. The van der Waals surface area contributed by atoms with Crippen LogP contribution in [0.3, 0.4) is 0 Å². The number of nitrogens with one attached hydrogen (secondary N) is 1. The average molecular weight is 536 g/mol. The molecule has 9 heteroatoms. The third-order valence-corrected chi connectivity index (χ3v) is 7.14. The van der Waals surface area contributed by atoms with Crippen molar-refractivity contribution in [2.75, 3.05) is 25.5 Å². The quantitative estimate of drug-likeness (QED) is 0.300.